The lowest BCUT2D eigenvalue weighted by molar-refractivity contribution is 0.154. The van der Waals surface area contributed by atoms with E-state index in [1.807, 2.05) is 6.08 Å². The molecule has 0 aromatic rings. The van der Waals surface area contributed by atoms with Crippen LogP contribution in [0.1, 0.15) is 6.42 Å². The molecule has 1 saturated heterocycles. The van der Waals surface area contributed by atoms with E-state index >= 15 is 0 Å². The molecule has 2 nitrogen and oxygen atoms in total. The highest BCUT2D eigenvalue weighted by atomic mass is 15.2. The zero-order valence-electron chi connectivity index (χ0n) is 5.71. The van der Waals surface area contributed by atoms with Crippen LogP contribution in [0.2, 0.25) is 0 Å². The fraction of sp³-hybridized carbons (Fsp3) is 0.714. The van der Waals surface area contributed by atoms with Gasteiger partial charge in [-0.25, -0.2) is 0 Å². The van der Waals surface area contributed by atoms with Crippen molar-refractivity contribution in [2.45, 2.75) is 12.5 Å². The van der Waals surface area contributed by atoms with Crippen LogP contribution in [-0.2, 0) is 0 Å². The van der Waals surface area contributed by atoms with Crippen LogP contribution in [-0.4, -0.2) is 30.6 Å². The van der Waals surface area contributed by atoms with Crippen molar-refractivity contribution in [2.75, 3.05) is 19.6 Å². The van der Waals surface area contributed by atoms with Crippen LogP contribution in [0.5, 0.6) is 0 Å². The van der Waals surface area contributed by atoms with Gasteiger partial charge in [0.1, 0.15) is 0 Å². The van der Waals surface area contributed by atoms with E-state index in [4.69, 9.17) is 5.73 Å². The number of likely N-dealkylation sites (tertiary alicyclic amines) is 1. The van der Waals surface area contributed by atoms with Crippen molar-refractivity contribution in [3.05, 3.63) is 12.7 Å². The van der Waals surface area contributed by atoms with Gasteiger partial charge in [0.05, 0.1) is 0 Å². The van der Waals surface area contributed by atoms with Gasteiger partial charge < -0.3 is 5.73 Å². The molecule has 0 unspecified atom stereocenters. The minimum absolute atomic E-state index is 0.440. The van der Waals surface area contributed by atoms with E-state index in [-0.39, 0.29) is 0 Å². The van der Waals surface area contributed by atoms with Crippen molar-refractivity contribution in [1.82, 2.24) is 4.90 Å². The molecule has 1 aliphatic heterocycles. The predicted octanol–water partition coefficient (Wildman–Crippen LogP) is 0.205. The summed E-state index contributed by atoms with van der Waals surface area (Å²) < 4.78 is 0. The van der Waals surface area contributed by atoms with E-state index in [9.17, 15) is 0 Å². The van der Waals surface area contributed by atoms with Crippen molar-refractivity contribution in [3.63, 3.8) is 0 Å². The Hall–Kier alpha value is -0.340. The van der Waals surface area contributed by atoms with E-state index < -0.39 is 0 Å². The smallest absolute Gasteiger partial charge is 0.0297 e. The Morgan fingerprint density at radius 2 is 2.33 bits per heavy atom. The molecule has 1 rings (SSSR count). The summed E-state index contributed by atoms with van der Waals surface area (Å²) in [7, 11) is 0. The van der Waals surface area contributed by atoms with Crippen molar-refractivity contribution in [3.8, 4) is 0 Å². The Labute approximate surface area is 56.3 Å². The van der Waals surface area contributed by atoms with E-state index in [0.29, 0.717) is 6.04 Å². The van der Waals surface area contributed by atoms with Crippen LogP contribution >= 0.6 is 0 Å². The summed E-state index contributed by atoms with van der Waals surface area (Å²) in [6.07, 6.45) is 3.04. The highest BCUT2D eigenvalue weighted by Gasteiger charge is 2.20. The Bertz CT molecular complexity index is 95.1. The zero-order valence-corrected chi connectivity index (χ0v) is 5.71. The predicted molar refractivity (Wildman–Crippen MR) is 39.2 cm³/mol. The third-order valence-corrected chi connectivity index (χ3v) is 1.63. The lowest BCUT2D eigenvalue weighted by Gasteiger charge is -2.36. The van der Waals surface area contributed by atoms with E-state index in [1.165, 1.54) is 0 Å². The third kappa shape index (κ3) is 1.80. The minimum atomic E-state index is 0.440. The maximum Gasteiger partial charge on any atom is 0.0297 e. The first-order valence-corrected chi connectivity index (χ1v) is 3.42. The summed E-state index contributed by atoms with van der Waals surface area (Å²) in [5.74, 6) is 0. The summed E-state index contributed by atoms with van der Waals surface area (Å²) in [5.41, 5.74) is 5.57. The fourth-order valence-electron chi connectivity index (χ4n) is 1.07. The molecule has 2 heteroatoms. The number of hydrogen-bond donors (Lipinski definition) is 1. The zero-order chi connectivity index (χ0) is 6.69. The van der Waals surface area contributed by atoms with Gasteiger partial charge in [0.25, 0.3) is 0 Å². The first-order valence-electron chi connectivity index (χ1n) is 3.42. The number of nitrogens with two attached hydrogens (primary N) is 1. The van der Waals surface area contributed by atoms with Crippen LogP contribution in [0.4, 0.5) is 0 Å². The van der Waals surface area contributed by atoms with Gasteiger partial charge in [-0.05, 0) is 6.42 Å². The summed E-state index contributed by atoms with van der Waals surface area (Å²) in [6.45, 7) is 6.94. The molecule has 0 saturated carbocycles. The molecule has 0 bridgehead atoms. The van der Waals surface area contributed by atoms with Crippen molar-refractivity contribution >= 4 is 0 Å². The normalized spacial score (nSPS) is 21.4. The van der Waals surface area contributed by atoms with Crippen LogP contribution in [0, 0.1) is 0 Å². The van der Waals surface area contributed by atoms with Gasteiger partial charge >= 0.3 is 0 Å². The summed E-state index contributed by atoms with van der Waals surface area (Å²) >= 11 is 0. The molecule has 1 fully saturated rings. The number of rotatable bonds is 3. The van der Waals surface area contributed by atoms with Crippen molar-refractivity contribution < 1.29 is 0 Å². The average Bonchev–Trinajstić information content (AvgIpc) is 1.78. The molecular weight excluding hydrogens is 112 g/mol. The lowest BCUT2D eigenvalue weighted by atomic mass is 10.1. The molecule has 0 amide bonds. The molecule has 0 aromatic heterocycles. The lowest BCUT2D eigenvalue weighted by Crippen LogP contribution is -2.55. The first-order chi connectivity index (χ1) is 4.33. The molecular formula is C7H14N2. The fourth-order valence-corrected chi connectivity index (χ4v) is 1.07. The number of nitrogens with zero attached hydrogens (tertiary/aromatic N) is 1. The summed E-state index contributed by atoms with van der Waals surface area (Å²) in [4.78, 5) is 2.34. The average molecular weight is 126 g/mol. The number of hydrogen-bond acceptors (Lipinski definition) is 2. The van der Waals surface area contributed by atoms with Crippen LogP contribution in [0.25, 0.3) is 0 Å². The molecule has 52 valence electrons. The van der Waals surface area contributed by atoms with Gasteiger partial charge in [0.2, 0.25) is 0 Å². The van der Waals surface area contributed by atoms with E-state index in [0.717, 1.165) is 26.1 Å². The van der Waals surface area contributed by atoms with Gasteiger partial charge in [-0.1, -0.05) is 6.08 Å². The standard InChI is InChI=1S/C7H14N2/c1-2-3-4-9-5-7(8)6-9/h2,7H,1,3-6,8H2. The molecule has 2 N–H and O–H groups in total. The van der Waals surface area contributed by atoms with Gasteiger partial charge in [0, 0.05) is 25.7 Å². The largest absolute Gasteiger partial charge is 0.325 e. The van der Waals surface area contributed by atoms with Crippen LogP contribution < -0.4 is 5.73 Å². The minimum Gasteiger partial charge on any atom is -0.325 e. The Balaban J connectivity index is 1.97. The molecule has 0 spiro atoms. The molecule has 0 radical (unpaired) electrons. The van der Waals surface area contributed by atoms with Crippen molar-refractivity contribution in [1.29, 1.82) is 0 Å². The molecule has 1 heterocycles. The second-order valence-electron chi connectivity index (χ2n) is 2.60. The van der Waals surface area contributed by atoms with Gasteiger partial charge in [0.15, 0.2) is 0 Å². The second-order valence-corrected chi connectivity index (χ2v) is 2.60. The monoisotopic (exact) mass is 126 g/mol. The summed E-state index contributed by atoms with van der Waals surface area (Å²) in [5, 5.41) is 0. The van der Waals surface area contributed by atoms with Gasteiger partial charge in [-0.15, -0.1) is 6.58 Å². The Kier molecular flexibility index (Phi) is 2.25. The Morgan fingerprint density at radius 3 is 2.78 bits per heavy atom. The summed E-state index contributed by atoms with van der Waals surface area (Å²) in [6, 6.07) is 0.440. The van der Waals surface area contributed by atoms with Crippen LogP contribution in [0.3, 0.4) is 0 Å². The van der Waals surface area contributed by atoms with Gasteiger partial charge in [-0.2, -0.15) is 0 Å². The van der Waals surface area contributed by atoms with Crippen molar-refractivity contribution in [2.24, 2.45) is 5.73 Å². The molecule has 0 atom stereocenters. The SMILES string of the molecule is C=CCCN1CC(N)C1. The Morgan fingerprint density at radius 1 is 1.67 bits per heavy atom. The molecule has 0 aromatic carbocycles. The van der Waals surface area contributed by atoms with Gasteiger partial charge in [-0.3, -0.25) is 4.90 Å². The van der Waals surface area contributed by atoms with E-state index in [1.54, 1.807) is 0 Å². The maximum absolute atomic E-state index is 5.57. The van der Waals surface area contributed by atoms with Crippen LogP contribution in [0.15, 0.2) is 12.7 Å². The quantitative estimate of drug-likeness (QED) is 0.547. The third-order valence-electron chi connectivity index (χ3n) is 1.63. The first kappa shape index (κ1) is 6.78. The maximum atomic E-state index is 5.57. The molecule has 9 heavy (non-hydrogen) atoms. The highest BCUT2D eigenvalue weighted by Crippen LogP contribution is 2.04. The topological polar surface area (TPSA) is 29.3 Å². The molecule has 0 aliphatic carbocycles. The highest BCUT2D eigenvalue weighted by molar-refractivity contribution is 4.83. The second kappa shape index (κ2) is 2.99. The van der Waals surface area contributed by atoms with E-state index in [2.05, 4.69) is 11.5 Å². The molecule has 1 aliphatic rings.